The summed E-state index contributed by atoms with van der Waals surface area (Å²) in [5.74, 6) is 2.06. The number of fused-ring (bicyclic) bond motifs is 3. The van der Waals surface area contributed by atoms with Gasteiger partial charge in [0.15, 0.2) is 11.6 Å². The molecule has 0 radical (unpaired) electrons. The van der Waals surface area contributed by atoms with Crippen LogP contribution in [0.5, 0.6) is 0 Å². The Morgan fingerprint density at radius 2 is 1.97 bits per heavy atom. The molecule has 0 saturated heterocycles. The van der Waals surface area contributed by atoms with Gasteiger partial charge in [0.2, 0.25) is 0 Å². The highest BCUT2D eigenvalue weighted by Crippen LogP contribution is 2.34. The van der Waals surface area contributed by atoms with E-state index in [1.807, 2.05) is 68.7 Å². The smallest absolute Gasteiger partial charge is 0.407 e. The van der Waals surface area contributed by atoms with Crippen molar-refractivity contribution in [3.05, 3.63) is 66.6 Å². The van der Waals surface area contributed by atoms with Crippen molar-refractivity contribution >= 4 is 17.6 Å². The lowest BCUT2D eigenvalue weighted by Crippen LogP contribution is -2.33. The normalized spacial score (nSPS) is 15.0. The SMILES string of the molecule is C=CC1=Nc2ncccc2-n2c(-c3ccc(CCNC(=O)OC(C)(C)C)cc3)nnc2C1C. The Morgan fingerprint density at radius 3 is 2.67 bits per heavy atom. The van der Waals surface area contributed by atoms with Crippen LogP contribution in [0.15, 0.2) is 60.2 Å². The summed E-state index contributed by atoms with van der Waals surface area (Å²) in [6.45, 7) is 12.0. The molecule has 1 atom stereocenters. The lowest BCUT2D eigenvalue weighted by Gasteiger charge is -2.19. The monoisotopic (exact) mass is 444 g/mol. The molecule has 3 heterocycles. The van der Waals surface area contributed by atoms with Crippen molar-refractivity contribution in [3.63, 3.8) is 0 Å². The fourth-order valence-electron chi connectivity index (χ4n) is 3.67. The highest BCUT2D eigenvalue weighted by molar-refractivity contribution is 6.01. The first-order valence-corrected chi connectivity index (χ1v) is 10.9. The minimum atomic E-state index is -0.509. The number of ether oxygens (including phenoxy) is 1. The Hall–Kier alpha value is -3.81. The zero-order valence-electron chi connectivity index (χ0n) is 19.4. The van der Waals surface area contributed by atoms with E-state index in [0.29, 0.717) is 18.8 Å². The molecule has 0 fully saturated rings. The summed E-state index contributed by atoms with van der Waals surface area (Å²) in [6.07, 6.45) is 3.75. The summed E-state index contributed by atoms with van der Waals surface area (Å²) in [6, 6.07) is 11.9. The zero-order valence-corrected chi connectivity index (χ0v) is 19.4. The third-order valence-corrected chi connectivity index (χ3v) is 5.26. The lowest BCUT2D eigenvalue weighted by atomic mass is 10.0. The Labute approximate surface area is 193 Å². The van der Waals surface area contributed by atoms with Crippen molar-refractivity contribution in [3.8, 4) is 17.1 Å². The molecule has 1 amide bonds. The molecule has 0 spiro atoms. The zero-order chi connectivity index (χ0) is 23.6. The van der Waals surface area contributed by atoms with Crippen LogP contribution in [-0.4, -0.2) is 43.7 Å². The van der Waals surface area contributed by atoms with E-state index in [1.54, 1.807) is 12.3 Å². The fourth-order valence-corrected chi connectivity index (χ4v) is 3.67. The van der Waals surface area contributed by atoms with Gasteiger partial charge in [-0.3, -0.25) is 4.57 Å². The second-order valence-corrected chi connectivity index (χ2v) is 8.90. The number of carbonyl (C=O) groups is 1. The van der Waals surface area contributed by atoms with Gasteiger partial charge >= 0.3 is 6.09 Å². The highest BCUT2D eigenvalue weighted by atomic mass is 16.6. The van der Waals surface area contributed by atoms with Crippen molar-refractivity contribution in [1.29, 1.82) is 0 Å². The van der Waals surface area contributed by atoms with E-state index in [1.165, 1.54) is 0 Å². The maximum Gasteiger partial charge on any atom is 0.407 e. The quantitative estimate of drug-likeness (QED) is 0.612. The van der Waals surface area contributed by atoms with Crippen LogP contribution in [0.25, 0.3) is 17.1 Å². The molecule has 170 valence electrons. The van der Waals surface area contributed by atoms with Crippen LogP contribution in [0.4, 0.5) is 10.6 Å². The average Bonchev–Trinajstić information content (AvgIpc) is 3.17. The van der Waals surface area contributed by atoms with Crippen LogP contribution in [0, 0.1) is 0 Å². The minimum Gasteiger partial charge on any atom is -0.444 e. The van der Waals surface area contributed by atoms with Crippen molar-refractivity contribution in [2.24, 2.45) is 4.99 Å². The molecule has 1 N–H and O–H groups in total. The second kappa shape index (κ2) is 8.97. The molecule has 8 nitrogen and oxygen atoms in total. The van der Waals surface area contributed by atoms with E-state index < -0.39 is 11.7 Å². The van der Waals surface area contributed by atoms with Gasteiger partial charge in [0.05, 0.1) is 17.3 Å². The number of aliphatic imine (C=N–C) groups is 1. The molecule has 1 unspecified atom stereocenters. The lowest BCUT2D eigenvalue weighted by molar-refractivity contribution is 0.0528. The number of alkyl carbamates (subject to hydrolysis) is 1. The molecule has 8 heteroatoms. The first-order chi connectivity index (χ1) is 15.8. The van der Waals surface area contributed by atoms with Crippen molar-refractivity contribution in [2.45, 2.75) is 45.6 Å². The molecular weight excluding hydrogens is 416 g/mol. The minimum absolute atomic E-state index is 0.0730. The maximum atomic E-state index is 11.8. The first-order valence-electron chi connectivity index (χ1n) is 10.9. The number of pyridine rings is 1. The fraction of sp³-hybridized carbons (Fsp3) is 0.320. The number of benzene rings is 1. The maximum absolute atomic E-state index is 11.8. The summed E-state index contributed by atoms with van der Waals surface area (Å²) in [7, 11) is 0. The number of hydrogen-bond donors (Lipinski definition) is 1. The summed E-state index contributed by atoms with van der Waals surface area (Å²) in [4.78, 5) is 21.0. The Morgan fingerprint density at radius 1 is 1.21 bits per heavy atom. The molecule has 0 saturated carbocycles. The largest absolute Gasteiger partial charge is 0.444 e. The molecule has 3 aromatic rings. The van der Waals surface area contributed by atoms with Gasteiger partial charge in [0.25, 0.3) is 0 Å². The van der Waals surface area contributed by atoms with Crippen LogP contribution in [0.1, 0.15) is 45.0 Å². The predicted octanol–water partition coefficient (Wildman–Crippen LogP) is 4.77. The van der Waals surface area contributed by atoms with E-state index in [2.05, 4.69) is 27.1 Å². The van der Waals surface area contributed by atoms with Crippen molar-refractivity contribution < 1.29 is 9.53 Å². The number of nitrogens with one attached hydrogen (secondary N) is 1. The number of nitrogens with zero attached hydrogens (tertiary/aromatic N) is 5. The number of rotatable bonds is 5. The number of aromatic nitrogens is 4. The van der Waals surface area contributed by atoms with Crippen LogP contribution in [-0.2, 0) is 11.2 Å². The molecule has 1 aliphatic heterocycles. The van der Waals surface area contributed by atoms with Crippen molar-refractivity contribution in [2.75, 3.05) is 6.54 Å². The van der Waals surface area contributed by atoms with Gasteiger partial charge in [0.1, 0.15) is 11.4 Å². The van der Waals surface area contributed by atoms with E-state index in [9.17, 15) is 4.79 Å². The van der Waals surface area contributed by atoms with Crippen LogP contribution < -0.4 is 5.32 Å². The molecule has 0 aliphatic carbocycles. The van der Waals surface area contributed by atoms with Crippen LogP contribution >= 0.6 is 0 Å². The Bertz CT molecular complexity index is 1200. The molecule has 33 heavy (non-hydrogen) atoms. The Balaban J connectivity index is 1.56. The van der Waals surface area contributed by atoms with Gasteiger partial charge in [-0.1, -0.05) is 30.8 Å². The van der Waals surface area contributed by atoms with E-state index in [4.69, 9.17) is 9.73 Å². The molecule has 1 aromatic carbocycles. The summed E-state index contributed by atoms with van der Waals surface area (Å²) in [5.41, 5.74) is 3.16. The van der Waals surface area contributed by atoms with E-state index in [0.717, 1.165) is 34.2 Å². The topological polar surface area (TPSA) is 94.3 Å². The molecule has 1 aliphatic rings. The first kappa shape index (κ1) is 22.4. The van der Waals surface area contributed by atoms with Gasteiger partial charge in [-0.15, -0.1) is 10.2 Å². The molecule has 0 bridgehead atoms. The molecule has 4 rings (SSSR count). The summed E-state index contributed by atoms with van der Waals surface area (Å²) < 4.78 is 7.29. The Kier molecular flexibility index (Phi) is 6.09. The number of amides is 1. The predicted molar refractivity (Wildman–Crippen MR) is 128 cm³/mol. The van der Waals surface area contributed by atoms with Crippen LogP contribution in [0.2, 0.25) is 0 Å². The standard InChI is InChI=1S/C25H28N6O2/c1-6-19-16(2)22-29-30-23(31(22)20-8-7-14-26-21(20)28-19)18-11-9-17(10-12-18)13-15-27-24(32)33-25(3,4)5/h6-12,14,16H,1,13,15H2,2-5H3,(H,27,32). The van der Waals surface area contributed by atoms with Gasteiger partial charge in [0, 0.05) is 18.3 Å². The molecular formula is C25H28N6O2. The molecule has 2 aromatic heterocycles. The van der Waals surface area contributed by atoms with Gasteiger partial charge in [-0.2, -0.15) is 0 Å². The summed E-state index contributed by atoms with van der Waals surface area (Å²) >= 11 is 0. The number of allylic oxidation sites excluding steroid dienone is 1. The third-order valence-electron chi connectivity index (χ3n) is 5.26. The average molecular weight is 445 g/mol. The number of carbonyl (C=O) groups excluding carboxylic acids is 1. The van der Waals surface area contributed by atoms with Gasteiger partial charge in [-0.05, 0) is 57.9 Å². The van der Waals surface area contributed by atoms with Crippen molar-refractivity contribution in [1.82, 2.24) is 25.1 Å². The van der Waals surface area contributed by atoms with E-state index in [-0.39, 0.29) is 5.92 Å². The van der Waals surface area contributed by atoms with E-state index >= 15 is 0 Å². The highest BCUT2D eigenvalue weighted by Gasteiger charge is 2.27. The van der Waals surface area contributed by atoms with Crippen LogP contribution in [0.3, 0.4) is 0 Å². The van der Waals surface area contributed by atoms with Gasteiger partial charge in [-0.25, -0.2) is 14.8 Å². The summed E-state index contributed by atoms with van der Waals surface area (Å²) in [5, 5.41) is 11.8. The van der Waals surface area contributed by atoms with Gasteiger partial charge < -0.3 is 10.1 Å². The third kappa shape index (κ3) is 4.84. The number of hydrogen-bond acceptors (Lipinski definition) is 6. The second-order valence-electron chi connectivity index (χ2n) is 8.90.